The van der Waals surface area contributed by atoms with Gasteiger partial charge >= 0.3 is 5.97 Å². The van der Waals surface area contributed by atoms with E-state index >= 15 is 0 Å². The van der Waals surface area contributed by atoms with E-state index in [1.807, 2.05) is 0 Å². The van der Waals surface area contributed by atoms with Crippen LogP contribution in [-0.2, 0) is 14.3 Å². The largest absolute Gasteiger partial charge is 0.466 e. The molecule has 0 bridgehead atoms. The molecule has 5 heteroatoms. The van der Waals surface area contributed by atoms with Gasteiger partial charge in [-0.25, -0.2) is 0 Å². The van der Waals surface area contributed by atoms with Crippen LogP contribution in [0.2, 0.25) is 0 Å². The van der Waals surface area contributed by atoms with Gasteiger partial charge in [-0.05, 0) is 26.3 Å². The fraction of sp³-hybridized carbons (Fsp3) is 0.923. The highest BCUT2D eigenvalue weighted by Crippen LogP contribution is 1.93. The molecule has 18 heavy (non-hydrogen) atoms. The summed E-state index contributed by atoms with van der Waals surface area (Å²) >= 11 is 0. The van der Waals surface area contributed by atoms with Crippen molar-refractivity contribution in [3.05, 3.63) is 0 Å². The van der Waals surface area contributed by atoms with Crippen molar-refractivity contribution in [3.8, 4) is 0 Å². The monoisotopic (exact) mass is 261 g/mol. The molecular weight excluding hydrogens is 234 g/mol. The Balaban J connectivity index is 3.24. The Hall–Kier alpha value is -0.650. The predicted octanol–water partition coefficient (Wildman–Crippen LogP) is 1.10. The SMILES string of the molecule is CCCCOCC(O)CNCCCC(=O)OCC. The Morgan fingerprint density at radius 2 is 2.11 bits per heavy atom. The van der Waals surface area contributed by atoms with Crippen molar-refractivity contribution in [2.75, 3.05) is 32.9 Å². The fourth-order valence-electron chi connectivity index (χ4n) is 1.38. The summed E-state index contributed by atoms with van der Waals surface area (Å²) in [7, 11) is 0. The van der Waals surface area contributed by atoms with Crippen LogP contribution in [0, 0.1) is 0 Å². The highest BCUT2D eigenvalue weighted by atomic mass is 16.5. The van der Waals surface area contributed by atoms with Crippen molar-refractivity contribution in [1.29, 1.82) is 0 Å². The van der Waals surface area contributed by atoms with E-state index in [9.17, 15) is 9.90 Å². The van der Waals surface area contributed by atoms with E-state index in [-0.39, 0.29) is 5.97 Å². The van der Waals surface area contributed by atoms with Crippen molar-refractivity contribution in [2.45, 2.75) is 45.6 Å². The summed E-state index contributed by atoms with van der Waals surface area (Å²) in [5, 5.41) is 12.6. The van der Waals surface area contributed by atoms with E-state index in [2.05, 4.69) is 12.2 Å². The summed E-state index contributed by atoms with van der Waals surface area (Å²) in [6, 6.07) is 0. The van der Waals surface area contributed by atoms with E-state index in [0.717, 1.165) is 19.3 Å². The summed E-state index contributed by atoms with van der Waals surface area (Å²) in [5.41, 5.74) is 0. The van der Waals surface area contributed by atoms with Gasteiger partial charge < -0.3 is 19.9 Å². The maximum atomic E-state index is 11.0. The van der Waals surface area contributed by atoms with Gasteiger partial charge in [0.2, 0.25) is 0 Å². The van der Waals surface area contributed by atoms with Crippen LogP contribution in [0.15, 0.2) is 0 Å². The van der Waals surface area contributed by atoms with Crippen LogP contribution in [-0.4, -0.2) is 50.1 Å². The number of hydrogen-bond donors (Lipinski definition) is 2. The van der Waals surface area contributed by atoms with Crippen molar-refractivity contribution in [2.24, 2.45) is 0 Å². The number of unbranched alkanes of at least 4 members (excludes halogenated alkanes) is 1. The number of hydrogen-bond acceptors (Lipinski definition) is 5. The van der Waals surface area contributed by atoms with Crippen LogP contribution in [0.1, 0.15) is 39.5 Å². The molecule has 0 spiro atoms. The first-order valence-electron chi connectivity index (χ1n) is 6.82. The summed E-state index contributed by atoms with van der Waals surface area (Å²) in [4.78, 5) is 11.0. The third-order valence-electron chi connectivity index (χ3n) is 2.37. The minimum absolute atomic E-state index is 0.164. The average molecular weight is 261 g/mol. The molecule has 0 radical (unpaired) electrons. The molecule has 0 fully saturated rings. The molecule has 0 saturated heterocycles. The number of carbonyl (C=O) groups is 1. The zero-order chi connectivity index (χ0) is 13.6. The fourth-order valence-corrected chi connectivity index (χ4v) is 1.38. The highest BCUT2D eigenvalue weighted by Gasteiger charge is 2.04. The molecule has 0 aromatic carbocycles. The summed E-state index contributed by atoms with van der Waals surface area (Å²) in [6.07, 6.45) is 2.79. The van der Waals surface area contributed by atoms with Crippen LogP contribution in [0.5, 0.6) is 0 Å². The maximum Gasteiger partial charge on any atom is 0.305 e. The van der Waals surface area contributed by atoms with Gasteiger partial charge in [-0.3, -0.25) is 4.79 Å². The molecule has 5 nitrogen and oxygen atoms in total. The van der Waals surface area contributed by atoms with E-state index in [1.165, 1.54) is 0 Å². The molecule has 0 aromatic heterocycles. The first-order valence-corrected chi connectivity index (χ1v) is 6.82. The van der Waals surface area contributed by atoms with Crippen molar-refractivity contribution in [1.82, 2.24) is 5.32 Å². The number of ether oxygens (including phenoxy) is 2. The molecular formula is C13H27NO4. The summed E-state index contributed by atoms with van der Waals surface area (Å²) in [5.74, 6) is -0.164. The van der Waals surface area contributed by atoms with Crippen LogP contribution >= 0.6 is 0 Å². The van der Waals surface area contributed by atoms with Crippen LogP contribution in [0.3, 0.4) is 0 Å². The molecule has 0 aliphatic carbocycles. The number of esters is 1. The molecule has 2 N–H and O–H groups in total. The maximum absolute atomic E-state index is 11.0. The third-order valence-corrected chi connectivity index (χ3v) is 2.37. The lowest BCUT2D eigenvalue weighted by atomic mass is 10.3. The first kappa shape index (κ1) is 17.4. The Bertz CT molecular complexity index is 199. The van der Waals surface area contributed by atoms with E-state index in [0.29, 0.717) is 39.3 Å². The van der Waals surface area contributed by atoms with Gasteiger partial charge in [-0.1, -0.05) is 13.3 Å². The van der Waals surface area contributed by atoms with Gasteiger partial charge in [0.05, 0.1) is 19.3 Å². The van der Waals surface area contributed by atoms with Crippen molar-refractivity contribution in [3.63, 3.8) is 0 Å². The molecule has 0 saturated carbocycles. The summed E-state index contributed by atoms with van der Waals surface area (Å²) in [6.45, 7) is 6.59. The number of rotatable bonds is 12. The van der Waals surface area contributed by atoms with Crippen molar-refractivity contribution >= 4 is 5.97 Å². The zero-order valence-corrected chi connectivity index (χ0v) is 11.6. The highest BCUT2D eigenvalue weighted by molar-refractivity contribution is 5.69. The zero-order valence-electron chi connectivity index (χ0n) is 11.6. The molecule has 1 unspecified atom stereocenters. The summed E-state index contributed by atoms with van der Waals surface area (Å²) < 4.78 is 10.1. The minimum atomic E-state index is -0.482. The lowest BCUT2D eigenvalue weighted by molar-refractivity contribution is -0.143. The van der Waals surface area contributed by atoms with E-state index in [4.69, 9.17) is 9.47 Å². The van der Waals surface area contributed by atoms with Gasteiger partial charge in [0.1, 0.15) is 0 Å². The molecule has 1 atom stereocenters. The van der Waals surface area contributed by atoms with Gasteiger partial charge in [-0.15, -0.1) is 0 Å². The topological polar surface area (TPSA) is 67.8 Å². The second-order valence-electron chi connectivity index (χ2n) is 4.19. The Morgan fingerprint density at radius 3 is 2.78 bits per heavy atom. The lowest BCUT2D eigenvalue weighted by Gasteiger charge is -2.12. The van der Waals surface area contributed by atoms with E-state index in [1.54, 1.807) is 6.92 Å². The van der Waals surface area contributed by atoms with Gasteiger partial charge in [-0.2, -0.15) is 0 Å². The molecule has 0 aromatic rings. The number of aliphatic hydroxyl groups is 1. The molecule has 0 amide bonds. The normalized spacial score (nSPS) is 12.4. The van der Waals surface area contributed by atoms with E-state index < -0.39 is 6.10 Å². The second kappa shape index (κ2) is 12.8. The number of aliphatic hydroxyl groups excluding tert-OH is 1. The average Bonchev–Trinajstić information content (AvgIpc) is 2.34. The lowest BCUT2D eigenvalue weighted by Crippen LogP contribution is -2.31. The van der Waals surface area contributed by atoms with Gasteiger partial charge in [0, 0.05) is 19.6 Å². The van der Waals surface area contributed by atoms with Crippen LogP contribution in [0.25, 0.3) is 0 Å². The predicted molar refractivity (Wildman–Crippen MR) is 70.5 cm³/mol. The second-order valence-corrected chi connectivity index (χ2v) is 4.19. The van der Waals surface area contributed by atoms with Crippen LogP contribution in [0.4, 0.5) is 0 Å². The Labute approximate surface area is 110 Å². The standard InChI is InChI=1S/C13H27NO4/c1-3-5-9-17-11-12(15)10-14-8-6-7-13(16)18-4-2/h12,14-15H,3-11H2,1-2H3. The smallest absolute Gasteiger partial charge is 0.305 e. The number of nitrogens with one attached hydrogen (secondary N) is 1. The Morgan fingerprint density at radius 1 is 1.33 bits per heavy atom. The van der Waals surface area contributed by atoms with Gasteiger partial charge in [0.25, 0.3) is 0 Å². The third kappa shape index (κ3) is 11.8. The van der Waals surface area contributed by atoms with Crippen molar-refractivity contribution < 1.29 is 19.4 Å². The van der Waals surface area contributed by atoms with Crippen LogP contribution < -0.4 is 5.32 Å². The number of carbonyl (C=O) groups excluding carboxylic acids is 1. The minimum Gasteiger partial charge on any atom is -0.466 e. The quantitative estimate of drug-likeness (QED) is 0.407. The Kier molecular flexibility index (Phi) is 12.3. The first-order chi connectivity index (χ1) is 8.70. The molecule has 108 valence electrons. The van der Waals surface area contributed by atoms with Gasteiger partial charge in [0.15, 0.2) is 0 Å². The molecule has 0 heterocycles. The molecule has 0 aliphatic heterocycles. The molecule has 0 aliphatic rings. The molecule has 0 rings (SSSR count).